The average molecular weight is 254 g/mol. The molecule has 0 atom stereocenters. The van der Waals surface area contributed by atoms with Gasteiger partial charge in [0.15, 0.2) is 0 Å². The Bertz CT molecular complexity index is 456. The zero-order valence-corrected chi connectivity index (χ0v) is 10.2. The van der Waals surface area contributed by atoms with Gasteiger partial charge in [0.2, 0.25) is 0 Å². The van der Waals surface area contributed by atoms with Gasteiger partial charge in [-0.1, -0.05) is 11.6 Å². The van der Waals surface area contributed by atoms with Crippen molar-refractivity contribution in [2.75, 3.05) is 11.5 Å². The molecule has 3 nitrogen and oxygen atoms in total. The largest absolute Gasteiger partial charge is 0.399 e. The average Bonchev–Trinajstić information content (AvgIpc) is 2.74. The minimum Gasteiger partial charge on any atom is -0.399 e. The third-order valence-electron chi connectivity index (χ3n) is 2.09. The van der Waals surface area contributed by atoms with Crippen LogP contribution in [0.4, 0.5) is 5.69 Å². The molecule has 0 bridgehead atoms. The molecule has 0 aliphatic heterocycles. The topological polar surface area (TPSA) is 43.8 Å². The van der Waals surface area contributed by atoms with E-state index in [1.165, 1.54) is 0 Å². The summed E-state index contributed by atoms with van der Waals surface area (Å²) in [6, 6.07) is 7.51. The SMILES string of the molecule is Nc1ccc(SCCn2cccn2)c(Cl)c1. The highest BCUT2D eigenvalue weighted by Crippen LogP contribution is 2.28. The lowest BCUT2D eigenvalue weighted by Gasteiger charge is -2.05. The molecule has 0 aliphatic carbocycles. The molecule has 0 saturated heterocycles. The van der Waals surface area contributed by atoms with Gasteiger partial charge in [-0.2, -0.15) is 5.10 Å². The maximum absolute atomic E-state index is 6.07. The van der Waals surface area contributed by atoms with E-state index in [1.807, 2.05) is 29.1 Å². The molecule has 16 heavy (non-hydrogen) atoms. The first-order chi connectivity index (χ1) is 7.75. The smallest absolute Gasteiger partial charge is 0.0562 e. The first-order valence-electron chi connectivity index (χ1n) is 4.91. The van der Waals surface area contributed by atoms with Gasteiger partial charge in [-0.3, -0.25) is 4.68 Å². The van der Waals surface area contributed by atoms with E-state index in [9.17, 15) is 0 Å². The number of thioether (sulfide) groups is 1. The number of halogens is 1. The molecule has 0 amide bonds. The van der Waals surface area contributed by atoms with Crippen molar-refractivity contribution in [3.05, 3.63) is 41.7 Å². The lowest BCUT2D eigenvalue weighted by Crippen LogP contribution is -2.00. The predicted octanol–water partition coefficient (Wildman–Crippen LogP) is 2.91. The van der Waals surface area contributed by atoms with Gasteiger partial charge >= 0.3 is 0 Å². The van der Waals surface area contributed by atoms with Crippen LogP contribution in [0.15, 0.2) is 41.6 Å². The number of aryl methyl sites for hydroxylation is 1. The van der Waals surface area contributed by atoms with E-state index in [-0.39, 0.29) is 0 Å². The van der Waals surface area contributed by atoms with Gasteiger partial charge in [0.25, 0.3) is 0 Å². The second kappa shape index (κ2) is 5.27. The minimum atomic E-state index is 0.696. The van der Waals surface area contributed by atoms with Crippen LogP contribution in [-0.2, 0) is 6.54 Å². The molecule has 0 radical (unpaired) electrons. The van der Waals surface area contributed by atoms with Crippen LogP contribution in [0.5, 0.6) is 0 Å². The van der Waals surface area contributed by atoms with Gasteiger partial charge in [0, 0.05) is 28.7 Å². The van der Waals surface area contributed by atoms with Crippen LogP contribution in [0, 0.1) is 0 Å². The molecule has 84 valence electrons. The lowest BCUT2D eigenvalue weighted by molar-refractivity contribution is 0.666. The maximum atomic E-state index is 6.07. The molecule has 0 spiro atoms. The van der Waals surface area contributed by atoms with Gasteiger partial charge in [0.05, 0.1) is 11.6 Å². The van der Waals surface area contributed by atoms with Crippen molar-refractivity contribution >= 4 is 29.1 Å². The van der Waals surface area contributed by atoms with Crippen LogP contribution >= 0.6 is 23.4 Å². The highest BCUT2D eigenvalue weighted by atomic mass is 35.5. The summed E-state index contributed by atoms with van der Waals surface area (Å²) in [6.07, 6.45) is 3.73. The lowest BCUT2D eigenvalue weighted by atomic mass is 10.3. The fourth-order valence-corrected chi connectivity index (χ4v) is 2.53. The Labute approximate surface area is 104 Å². The van der Waals surface area contributed by atoms with Crippen molar-refractivity contribution in [2.45, 2.75) is 11.4 Å². The third-order valence-corrected chi connectivity index (χ3v) is 3.57. The summed E-state index contributed by atoms with van der Waals surface area (Å²) in [6.45, 7) is 0.873. The molecular weight excluding hydrogens is 242 g/mol. The molecule has 2 aromatic rings. The number of aromatic nitrogens is 2. The molecule has 2 N–H and O–H groups in total. The normalized spacial score (nSPS) is 10.6. The molecule has 2 rings (SSSR count). The van der Waals surface area contributed by atoms with Gasteiger partial charge in [-0.15, -0.1) is 11.8 Å². The quantitative estimate of drug-likeness (QED) is 0.673. The monoisotopic (exact) mass is 253 g/mol. The first-order valence-corrected chi connectivity index (χ1v) is 6.27. The van der Waals surface area contributed by atoms with E-state index >= 15 is 0 Å². The first kappa shape index (κ1) is 11.4. The standard InChI is InChI=1S/C11H12ClN3S/c12-10-8-9(13)2-3-11(10)16-7-6-15-5-1-4-14-15/h1-5,8H,6-7,13H2. The Kier molecular flexibility index (Phi) is 3.74. The van der Waals surface area contributed by atoms with Gasteiger partial charge < -0.3 is 5.73 Å². The number of hydrogen-bond acceptors (Lipinski definition) is 3. The van der Waals surface area contributed by atoms with Crippen molar-refractivity contribution < 1.29 is 0 Å². The second-order valence-electron chi connectivity index (χ2n) is 3.31. The van der Waals surface area contributed by atoms with E-state index in [2.05, 4.69) is 5.10 Å². The Morgan fingerprint density at radius 1 is 1.44 bits per heavy atom. The second-order valence-corrected chi connectivity index (χ2v) is 4.85. The number of nitrogen functional groups attached to an aromatic ring is 1. The Hall–Kier alpha value is -1.13. The van der Waals surface area contributed by atoms with Crippen LogP contribution < -0.4 is 5.73 Å². The van der Waals surface area contributed by atoms with E-state index in [4.69, 9.17) is 17.3 Å². The van der Waals surface area contributed by atoms with E-state index < -0.39 is 0 Å². The zero-order chi connectivity index (χ0) is 11.4. The molecule has 1 heterocycles. The molecule has 0 fully saturated rings. The Morgan fingerprint density at radius 2 is 2.31 bits per heavy atom. The van der Waals surface area contributed by atoms with Crippen molar-refractivity contribution in [1.29, 1.82) is 0 Å². The van der Waals surface area contributed by atoms with Crippen molar-refractivity contribution in [3.8, 4) is 0 Å². The van der Waals surface area contributed by atoms with E-state index in [0.29, 0.717) is 10.7 Å². The highest BCUT2D eigenvalue weighted by Gasteiger charge is 2.01. The van der Waals surface area contributed by atoms with Crippen molar-refractivity contribution in [2.24, 2.45) is 0 Å². The number of nitrogens with zero attached hydrogens (tertiary/aromatic N) is 2. The summed E-state index contributed by atoms with van der Waals surface area (Å²) in [7, 11) is 0. The van der Waals surface area contributed by atoms with Crippen LogP contribution in [0.3, 0.4) is 0 Å². The van der Waals surface area contributed by atoms with E-state index in [1.54, 1.807) is 24.0 Å². The summed E-state index contributed by atoms with van der Waals surface area (Å²) in [5.41, 5.74) is 6.32. The maximum Gasteiger partial charge on any atom is 0.0562 e. The number of nitrogens with two attached hydrogens (primary N) is 1. The van der Waals surface area contributed by atoms with E-state index in [0.717, 1.165) is 17.2 Å². The summed E-state index contributed by atoms with van der Waals surface area (Å²) >= 11 is 7.77. The Balaban J connectivity index is 1.90. The number of hydrogen-bond donors (Lipinski definition) is 1. The highest BCUT2D eigenvalue weighted by molar-refractivity contribution is 7.99. The fraction of sp³-hybridized carbons (Fsp3) is 0.182. The number of benzene rings is 1. The molecule has 0 aliphatic rings. The minimum absolute atomic E-state index is 0.696. The van der Waals surface area contributed by atoms with Crippen molar-refractivity contribution in [1.82, 2.24) is 9.78 Å². The predicted molar refractivity (Wildman–Crippen MR) is 68.8 cm³/mol. The third kappa shape index (κ3) is 2.93. The molecule has 5 heteroatoms. The molecular formula is C11H12ClN3S. The summed E-state index contributed by atoms with van der Waals surface area (Å²) < 4.78 is 1.90. The van der Waals surface area contributed by atoms with Crippen LogP contribution in [0.25, 0.3) is 0 Å². The molecule has 1 aromatic heterocycles. The Morgan fingerprint density at radius 3 is 3.00 bits per heavy atom. The molecule has 1 aromatic carbocycles. The van der Waals surface area contributed by atoms with Gasteiger partial charge in [0.1, 0.15) is 0 Å². The van der Waals surface area contributed by atoms with Crippen molar-refractivity contribution in [3.63, 3.8) is 0 Å². The zero-order valence-electron chi connectivity index (χ0n) is 8.64. The number of anilines is 1. The van der Waals surface area contributed by atoms with Gasteiger partial charge in [-0.25, -0.2) is 0 Å². The molecule has 0 saturated carbocycles. The fourth-order valence-electron chi connectivity index (χ4n) is 1.32. The van der Waals surface area contributed by atoms with Crippen LogP contribution in [0.1, 0.15) is 0 Å². The summed E-state index contributed by atoms with van der Waals surface area (Å²) in [4.78, 5) is 1.06. The summed E-state index contributed by atoms with van der Waals surface area (Å²) in [5, 5.41) is 4.85. The van der Waals surface area contributed by atoms with Gasteiger partial charge in [-0.05, 0) is 24.3 Å². The molecule has 0 unspecified atom stereocenters. The van der Waals surface area contributed by atoms with Crippen LogP contribution in [-0.4, -0.2) is 15.5 Å². The summed E-state index contributed by atoms with van der Waals surface area (Å²) in [5.74, 6) is 0.936. The number of rotatable bonds is 4. The van der Waals surface area contributed by atoms with Crippen LogP contribution in [0.2, 0.25) is 5.02 Å².